The Bertz CT molecular complexity index is 439. The summed E-state index contributed by atoms with van der Waals surface area (Å²) in [5, 5.41) is 13.7. The molecular weight excluding hydrogens is 294 g/mol. The van der Waals surface area contributed by atoms with E-state index in [1.165, 1.54) is 0 Å². The highest BCUT2D eigenvalue weighted by Gasteiger charge is 2.40. The van der Waals surface area contributed by atoms with E-state index < -0.39 is 23.8 Å². The summed E-state index contributed by atoms with van der Waals surface area (Å²) in [5.41, 5.74) is 0.359. The van der Waals surface area contributed by atoms with Gasteiger partial charge in [-0.2, -0.15) is 0 Å². The molecule has 0 aliphatic heterocycles. The Balaban J connectivity index is 3.06. The van der Waals surface area contributed by atoms with Gasteiger partial charge in [0, 0.05) is 18.9 Å². The van der Waals surface area contributed by atoms with E-state index in [-0.39, 0.29) is 23.9 Å². The number of aliphatic hydroxyl groups excluding tert-OH is 1. The molecule has 1 aliphatic carbocycles. The predicted octanol–water partition coefficient (Wildman–Crippen LogP) is 3.12. The number of nitrogens with one attached hydrogen (secondary N) is 1. The van der Waals surface area contributed by atoms with Crippen molar-refractivity contribution in [3.63, 3.8) is 0 Å². The SMILES string of the molecule is CO[C@H]1[C@@H](C)[C@H](NC(=O)OC(C)(C)C)[C@H](O)C(C(C)C)=C[C@H]1C. The van der Waals surface area contributed by atoms with Crippen molar-refractivity contribution in [2.75, 3.05) is 7.11 Å². The maximum atomic E-state index is 12.2. The largest absolute Gasteiger partial charge is 0.444 e. The molecule has 0 aromatic heterocycles. The molecule has 0 fully saturated rings. The number of carbonyl (C=O) groups excluding carboxylic acids is 1. The van der Waals surface area contributed by atoms with E-state index in [0.29, 0.717) is 0 Å². The molecule has 0 aromatic rings. The molecule has 2 N–H and O–H groups in total. The van der Waals surface area contributed by atoms with Gasteiger partial charge in [0.15, 0.2) is 0 Å². The number of hydrogen-bond donors (Lipinski definition) is 2. The molecule has 0 saturated heterocycles. The average Bonchev–Trinajstić information content (AvgIpc) is 2.47. The van der Waals surface area contributed by atoms with Crippen molar-refractivity contribution >= 4 is 6.09 Å². The molecule has 0 radical (unpaired) electrons. The van der Waals surface area contributed by atoms with Gasteiger partial charge in [0.1, 0.15) is 5.60 Å². The van der Waals surface area contributed by atoms with E-state index in [9.17, 15) is 9.90 Å². The van der Waals surface area contributed by atoms with Crippen LogP contribution in [0.2, 0.25) is 0 Å². The van der Waals surface area contributed by atoms with Crippen molar-refractivity contribution in [3.8, 4) is 0 Å². The Morgan fingerprint density at radius 3 is 2.30 bits per heavy atom. The predicted molar refractivity (Wildman–Crippen MR) is 91.2 cm³/mol. The number of amides is 1. The molecule has 23 heavy (non-hydrogen) atoms. The number of aliphatic hydroxyl groups is 1. The van der Waals surface area contributed by atoms with Crippen LogP contribution < -0.4 is 5.32 Å². The average molecular weight is 327 g/mol. The van der Waals surface area contributed by atoms with Gasteiger partial charge in [-0.1, -0.05) is 33.8 Å². The van der Waals surface area contributed by atoms with E-state index in [1.54, 1.807) is 7.11 Å². The summed E-state index contributed by atoms with van der Waals surface area (Å²) in [6.07, 6.45) is 0.735. The van der Waals surface area contributed by atoms with Crippen LogP contribution in [0.25, 0.3) is 0 Å². The van der Waals surface area contributed by atoms with Crippen LogP contribution in [0, 0.1) is 17.8 Å². The fourth-order valence-corrected chi connectivity index (χ4v) is 3.29. The van der Waals surface area contributed by atoms with Gasteiger partial charge in [0.2, 0.25) is 0 Å². The number of carbonyl (C=O) groups is 1. The first-order valence-corrected chi connectivity index (χ1v) is 8.40. The molecule has 1 amide bonds. The Kier molecular flexibility index (Phi) is 6.66. The highest BCUT2D eigenvalue weighted by Crippen LogP contribution is 2.32. The Morgan fingerprint density at radius 1 is 1.30 bits per heavy atom. The summed E-state index contributed by atoms with van der Waals surface area (Å²) in [6.45, 7) is 13.6. The monoisotopic (exact) mass is 327 g/mol. The first kappa shape index (κ1) is 20.0. The molecule has 0 bridgehead atoms. The highest BCUT2D eigenvalue weighted by molar-refractivity contribution is 5.68. The van der Waals surface area contributed by atoms with Crippen LogP contribution in [0.4, 0.5) is 4.79 Å². The van der Waals surface area contributed by atoms with Crippen LogP contribution in [-0.2, 0) is 9.47 Å². The van der Waals surface area contributed by atoms with Crippen LogP contribution in [-0.4, -0.2) is 42.2 Å². The standard InChI is InChI=1S/C18H33NO4/c1-10(2)13-9-11(3)16(22-8)12(4)14(15(13)20)19-17(21)23-18(5,6)7/h9-12,14-16,20H,1-8H3,(H,19,21)/t11-,12+,14+,15-,16-/m1/s1. The van der Waals surface area contributed by atoms with Crippen molar-refractivity contribution in [1.29, 1.82) is 0 Å². The number of methoxy groups -OCH3 is 1. The summed E-state index contributed by atoms with van der Waals surface area (Å²) in [5.74, 6) is 0.302. The minimum atomic E-state index is -0.750. The first-order chi connectivity index (χ1) is 10.5. The molecule has 1 rings (SSSR count). The van der Waals surface area contributed by atoms with Gasteiger partial charge in [-0.25, -0.2) is 4.79 Å². The Hall–Kier alpha value is -1.07. The molecule has 134 valence electrons. The number of alkyl carbamates (subject to hydrolysis) is 1. The van der Waals surface area contributed by atoms with Crippen molar-refractivity contribution < 1.29 is 19.4 Å². The van der Waals surface area contributed by atoms with Crippen molar-refractivity contribution in [2.45, 2.75) is 72.3 Å². The van der Waals surface area contributed by atoms with Gasteiger partial charge in [-0.15, -0.1) is 0 Å². The molecule has 0 unspecified atom stereocenters. The minimum Gasteiger partial charge on any atom is -0.444 e. The second kappa shape index (κ2) is 7.67. The van der Waals surface area contributed by atoms with Gasteiger partial charge >= 0.3 is 6.09 Å². The maximum Gasteiger partial charge on any atom is 0.407 e. The zero-order chi connectivity index (χ0) is 17.9. The lowest BCUT2D eigenvalue weighted by molar-refractivity contribution is -0.00268. The second-order valence-electron chi connectivity index (χ2n) is 7.86. The number of ether oxygens (including phenoxy) is 2. The number of hydrogen-bond acceptors (Lipinski definition) is 4. The van der Waals surface area contributed by atoms with Gasteiger partial charge in [-0.05, 0) is 32.3 Å². The van der Waals surface area contributed by atoms with Crippen LogP contribution in [0.15, 0.2) is 11.6 Å². The molecule has 0 spiro atoms. The molecular formula is C18H33NO4. The molecule has 0 heterocycles. The van der Waals surface area contributed by atoms with Crippen LogP contribution >= 0.6 is 0 Å². The summed E-state index contributed by atoms with van der Waals surface area (Å²) in [4.78, 5) is 12.2. The van der Waals surface area contributed by atoms with Crippen molar-refractivity contribution in [2.24, 2.45) is 17.8 Å². The molecule has 5 nitrogen and oxygen atoms in total. The fourth-order valence-electron chi connectivity index (χ4n) is 3.29. The molecule has 0 saturated carbocycles. The Morgan fingerprint density at radius 2 is 1.87 bits per heavy atom. The number of rotatable bonds is 3. The van der Waals surface area contributed by atoms with E-state index in [0.717, 1.165) is 5.57 Å². The van der Waals surface area contributed by atoms with Crippen molar-refractivity contribution in [3.05, 3.63) is 11.6 Å². The third-order valence-electron chi connectivity index (χ3n) is 4.36. The topological polar surface area (TPSA) is 67.8 Å². The van der Waals surface area contributed by atoms with Gasteiger partial charge in [-0.3, -0.25) is 0 Å². The van der Waals surface area contributed by atoms with E-state index in [4.69, 9.17) is 9.47 Å². The highest BCUT2D eigenvalue weighted by atomic mass is 16.6. The lowest BCUT2D eigenvalue weighted by atomic mass is 9.87. The minimum absolute atomic E-state index is 0.0509. The van der Waals surface area contributed by atoms with E-state index >= 15 is 0 Å². The van der Waals surface area contributed by atoms with E-state index in [1.807, 2.05) is 41.5 Å². The zero-order valence-corrected chi connectivity index (χ0v) is 15.7. The van der Waals surface area contributed by atoms with Gasteiger partial charge in [0.05, 0.1) is 18.2 Å². The quantitative estimate of drug-likeness (QED) is 0.782. The maximum absolute atomic E-state index is 12.2. The van der Waals surface area contributed by atoms with Gasteiger partial charge < -0.3 is 19.9 Å². The third-order valence-corrected chi connectivity index (χ3v) is 4.36. The third kappa shape index (κ3) is 5.21. The van der Waals surface area contributed by atoms with Crippen LogP contribution in [0.3, 0.4) is 0 Å². The lowest BCUT2D eigenvalue weighted by Crippen LogP contribution is -2.52. The molecule has 5 atom stereocenters. The summed E-state index contributed by atoms with van der Waals surface area (Å²) < 4.78 is 11.0. The van der Waals surface area contributed by atoms with E-state index in [2.05, 4.69) is 18.3 Å². The molecule has 5 heteroatoms. The van der Waals surface area contributed by atoms with Crippen LogP contribution in [0.5, 0.6) is 0 Å². The lowest BCUT2D eigenvalue weighted by Gasteiger charge is -2.34. The normalized spacial score (nSPS) is 32.3. The molecule has 1 aliphatic rings. The fraction of sp³-hybridized carbons (Fsp3) is 0.833. The second-order valence-corrected chi connectivity index (χ2v) is 7.86. The summed E-state index contributed by atoms with van der Waals surface area (Å²) in [6, 6.07) is -0.451. The zero-order valence-electron chi connectivity index (χ0n) is 15.7. The van der Waals surface area contributed by atoms with Crippen molar-refractivity contribution in [1.82, 2.24) is 5.32 Å². The Labute approximate surface area is 140 Å². The van der Waals surface area contributed by atoms with Crippen LogP contribution in [0.1, 0.15) is 48.5 Å². The summed E-state index contributed by atoms with van der Waals surface area (Å²) in [7, 11) is 1.67. The molecule has 0 aromatic carbocycles. The smallest absolute Gasteiger partial charge is 0.407 e. The van der Waals surface area contributed by atoms with Gasteiger partial charge in [0.25, 0.3) is 0 Å². The first-order valence-electron chi connectivity index (χ1n) is 8.40. The summed E-state index contributed by atoms with van der Waals surface area (Å²) >= 11 is 0.